The highest BCUT2D eigenvalue weighted by Gasteiger charge is 2.35. The normalized spacial score (nSPS) is 15.9. The molecule has 33 heavy (non-hydrogen) atoms. The monoisotopic (exact) mass is 479 g/mol. The number of alkyl halides is 3. The predicted molar refractivity (Wildman–Crippen MR) is 115 cm³/mol. The first kappa shape index (κ1) is 22.9. The molecular weight excluding hydrogens is 462 g/mol. The van der Waals surface area contributed by atoms with Crippen LogP contribution in [0.4, 0.5) is 28.9 Å². The van der Waals surface area contributed by atoms with Gasteiger partial charge in [-0.25, -0.2) is 9.37 Å². The van der Waals surface area contributed by atoms with Crippen LogP contribution in [0.15, 0.2) is 48.7 Å². The van der Waals surface area contributed by atoms with Crippen LogP contribution in [0.25, 0.3) is 10.6 Å². The van der Waals surface area contributed by atoms with Crippen molar-refractivity contribution in [1.29, 1.82) is 0 Å². The number of hydrogen-bond donors (Lipinski definition) is 2. The van der Waals surface area contributed by atoms with E-state index in [1.807, 2.05) is 0 Å². The van der Waals surface area contributed by atoms with Gasteiger partial charge in [-0.05, 0) is 43.2 Å². The van der Waals surface area contributed by atoms with Gasteiger partial charge in [-0.15, -0.1) is 11.3 Å². The van der Waals surface area contributed by atoms with E-state index >= 15 is 0 Å². The fourth-order valence-corrected chi connectivity index (χ4v) is 4.13. The Morgan fingerprint density at radius 2 is 1.91 bits per heavy atom. The quantitative estimate of drug-likeness (QED) is 0.485. The highest BCUT2D eigenvalue weighted by Crippen LogP contribution is 2.37. The van der Waals surface area contributed by atoms with Crippen molar-refractivity contribution in [3.63, 3.8) is 0 Å². The molecule has 0 saturated carbocycles. The van der Waals surface area contributed by atoms with Crippen molar-refractivity contribution < 1.29 is 31.9 Å². The summed E-state index contributed by atoms with van der Waals surface area (Å²) >= 11 is 0.851. The number of carbonyl (C=O) groups excluding carboxylic acids is 2. The molecule has 2 heterocycles. The van der Waals surface area contributed by atoms with Gasteiger partial charge >= 0.3 is 6.18 Å². The number of amides is 2. The first-order chi connectivity index (χ1) is 15.7. The summed E-state index contributed by atoms with van der Waals surface area (Å²) in [7, 11) is 0. The topological polar surface area (TPSA) is 80.3 Å². The molecular formula is C22H17F4N3O3S. The Balaban J connectivity index is 1.54. The molecule has 1 fully saturated rings. The fourth-order valence-electron chi connectivity index (χ4n) is 3.29. The van der Waals surface area contributed by atoms with Gasteiger partial charge in [-0.2, -0.15) is 13.2 Å². The first-order valence-corrected chi connectivity index (χ1v) is 10.7. The van der Waals surface area contributed by atoms with Gasteiger partial charge in [0, 0.05) is 17.9 Å². The van der Waals surface area contributed by atoms with Gasteiger partial charge in [-0.3, -0.25) is 9.59 Å². The van der Waals surface area contributed by atoms with Crippen molar-refractivity contribution in [2.75, 3.05) is 17.2 Å². The highest BCUT2D eigenvalue weighted by atomic mass is 32.1. The average molecular weight is 479 g/mol. The number of anilines is 2. The van der Waals surface area contributed by atoms with E-state index in [1.165, 1.54) is 30.5 Å². The van der Waals surface area contributed by atoms with E-state index in [1.54, 1.807) is 6.07 Å². The SMILES string of the molecule is O=C(Nc1ccc(NC(=O)C2CCCO2)cc1C(F)(F)F)c1cnc(-c2ccccc2F)s1. The summed E-state index contributed by atoms with van der Waals surface area (Å²) in [5.41, 5.74) is -1.49. The summed E-state index contributed by atoms with van der Waals surface area (Å²) in [5, 5.41) is 4.87. The predicted octanol–water partition coefficient (Wildman–Crippen LogP) is 5.34. The number of rotatable bonds is 5. The molecule has 0 radical (unpaired) electrons. The molecule has 3 aromatic rings. The lowest BCUT2D eigenvalue weighted by Crippen LogP contribution is -2.27. The number of nitrogens with one attached hydrogen (secondary N) is 2. The maximum Gasteiger partial charge on any atom is 0.418 e. The summed E-state index contributed by atoms with van der Waals surface area (Å²) < 4.78 is 60.1. The molecule has 6 nitrogen and oxygen atoms in total. The molecule has 4 rings (SSSR count). The van der Waals surface area contributed by atoms with Crippen molar-refractivity contribution in [2.24, 2.45) is 0 Å². The summed E-state index contributed by atoms with van der Waals surface area (Å²) in [4.78, 5) is 28.7. The molecule has 2 amide bonds. The van der Waals surface area contributed by atoms with Crippen LogP contribution in [0, 0.1) is 5.82 Å². The molecule has 0 aliphatic carbocycles. The minimum atomic E-state index is -4.79. The lowest BCUT2D eigenvalue weighted by atomic mass is 10.1. The third kappa shape index (κ3) is 5.20. The van der Waals surface area contributed by atoms with Crippen molar-refractivity contribution >= 4 is 34.5 Å². The molecule has 0 bridgehead atoms. The van der Waals surface area contributed by atoms with Crippen LogP contribution in [-0.4, -0.2) is 29.5 Å². The Kier molecular flexibility index (Phi) is 6.43. The van der Waals surface area contributed by atoms with Crippen LogP contribution < -0.4 is 10.6 Å². The Labute approximate surface area is 189 Å². The minimum absolute atomic E-state index is 0.0112. The molecule has 2 aromatic carbocycles. The zero-order valence-electron chi connectivity index (χ0n) is 16.9. The first-order valence-electron chi connectivity index (χ1n) is 9.88. The second-order valence-electron chi connectivity index (χ2n) is 7.21. The molecule has 1 aliphatic rings. The zero-order valence-corrected chi connectivity index (χ0v) is 17.7. The second kappa shape index (κ2) is 9.28. The average Bonchev–Trinajstić information content (AvgIpc) is 3.47. The standard InChI is InChI=1S/C22H17F4N3O3S/c23-15-5-2-1-4-13(15)21-27-11-18(33-21)20(31)29-16-8-7-12(10-14(16)22(24,25)26)28-19(30)17-6-3-9-32-17/h1-2,4-5,7-8,10-11,17H,3,6,9H2,(H,28,30)(H,29,31). The third-order valence-corrected chi connectivity index (χ3v) is 5.93. The van der Waals surface area contributed by atoms with E-state index in [0.717, 1.165) is 23.5 Å². The number of hydrogen-bond acceptors (Lipinski definition) is 5. The smallest absolute Gasteiger partial charge is 0.368 e. The Morgan fingerprint density at radius 3 is 2.61 bits per heavy atom. The molecule has 1 unspecified atom stereocenters. The Bertz CT molecular complexity index is 1190. The number of ether oxygens (including phenoxy) is 1. The van der Waals surface area contributed by atoms with Crippen molar-refractivity contribution in [3.05, 3.63) is 64.9 Å². The fraction of sp³-hybridized carbons (Fsp3) is 0.227. The molecule has 0 spiro atoms. The maximum atomic E-state index is 13.9. The van der Waals surface area contributed by atoms with Gasteiger partial charge in [0.15, 0.2) is 0 Å². The molecule has 1 aromatic heterocycles. The Morgan fingerprint density at radius 1 is 1.12 bits per heavy atom. The van der Waals surface area contributed by atoms with Crippen LogP contribution >= 0.6 is 11.3 Å². The number of nitrogens with zero attached hydrogens (tertiary/aromatic N) is 1. The Hall–Kier alpha value is -3.31. The van der Waals surface area contributed by atoms with Gasteiger partial charge in [0.25, 0.3) is 11.8 Å². The van der Waals surface area contributed by atoms with Crippen LogP contribution in [0.1, 0.15) is 28.1 Å². The van der Waals surface area contributed by atoms with Crippen LogP contribution in [-0.2, 0) is 15.7 Å². The van der Waals surface area contributed by atoms with Gasteiger partial charge in [-0.1, -0.05) is 12.1 Å². The van der Waals surface area contributed by atoms with E-state index in [0.29, 0.717) is 19.4 Å². The zero-order chi connectivity index (χ0) is 23.6. The molecule has 11 heteroatoms. The maximum absolute atomic E-state index is 13.9. The largest absolute Gasteiger partial charge is 0.418 e. The van der Waals surface area contributed by atoms with Gasteiger partial charge in [0.2, 0.25) is 0 Å². The molecule has 172 valence electrons. The summed E-state index contributed by atoms with van der Waals surface area (Å²) in [5.74, 6) is -1.88. The minimum Gasteiger partial charge on any atom is -0.368 e. The van der Waals surface area contributed by atoms with Crippen LogP contribution in [0.2, 0.25) is 0 Å². The second-order valence-corrected chi connectivity index (χ2v) is 8.24. The summed E-state index contributed by atoms with van der Waals surface area (Å²) in [6.07, 6.45) is -3.12. The van der Waals surface area contributed by atoms with Gasteiger partial charge < -0.3 is 15.4 Å². The number of carbonyl (C=O) groups is 2. The number of aromatic nitrogens is 1. The summed E-state index contributed by atoms with van der Waals surface area (Å²) in [6, 6.07) is 8.91. The molecule has 2 N–H and O–H groups in total. The molecule has 1 saturated heterocycles. The number of halogens is 4. The highest BCUT2D eigenvalue weighted by molar-refractivity contribution is 7.17. The molecule has 1 atom stereocenters. The third-order valence-electron chi connectivity index (χ3n) is 4.90. The summed E-state index contributed by atoms with van der Waals surface area (Å²) in [6.45, 7) is 0.424. The molecule has 1 aliphatic heterocycles. The lowest BCUT2D eigenvalue weighted by molar-refractivity contribution is -0.137. The van der Waals surface area contributed by atoms with Crippen LogP contribution in [0.5, 0.6) is 0 Å². The van der Waals surface area contributed by atoms with Gasteiger partial charge in [0.05, 0.1) is 17.4 Å². The van der Waals surface area contributed by atoms with E-state index in [9.17, 15) is 27.2 Å². The van der Waals surface area contributed by atoms with E-state index < -0.39 is 41.2 Å². The number of benzene rings is 2. The van der Waals surface area contributed by atoms with E-state index in [-0.39, 0.29) is 21.1 Å². The van der Waals surface area contributed by atoms with E-state index in [4.69, 9.17) is 4.74 Å². The van der Waals surface area contributed by atoms with Gasteiger partial charge in [0.1, 0.15) is 21.8 Å². The van der Waals surface area contributed by atoms with Crippen molar-refractivity contribution in [2.45, 2.75) is 25.1 Å². The number of thiazole rings is 1. The van der Waals surface area contributed by atoms with Crippen molar-refractivity contribution in [1.82, 2.24) is 4.98 Å². The van der Waals surface area contributed by atoms with Crippen LogP contribution in [0.3, 0.4) is 0 Å². The lowest BCUT2D eigenvalue weighted by Gasteiger charge is -2.16. The van der Waals surface area contributed by atoms with Crippen molar-refractivity contribution in [3.8, 4) is 10.6 Å². The van der Waals surface area contributed by atoms with E-state index in [2.05, 4.69) is 15.6 Å².